The zero-order chi connectivity index (χ0) is 30.2. The van der Waals surface area contributed by atoms with Crippen LogP contribution in [0.25, 0.3) is 0 Å². The van der Waals surface area contributed by atoms with Crippen LogP contribution in [0.15, 0.2) is 76.6 Å². The summed E-state index contributed by atoms with van der Waals surface area (Å²) in [4.78, 5) is 56.7. The number of benzene rings is 3. The molecule has 0 radical (unpaired) electrons. The van der Waals surface area contributed by atoms with E-state index in [1.54, 1.807) is 30.3 Å². The van der Waals surface area contributed by atoms with Crippen LogP contribution in [0.1, 0.15) is 28.8 Å². The Balaban J connectivity index is 1.31. The molecule has 3 aromatic carbocycles. The summed E-state index contributed by atoms with van der Waals surface area (Å²) in [6.07, 6.45) is 0. The monoisotopic (exact) mass is 619 g/mol. The molecule has 6 rings (SSSR count). The maximum absolute atomic E-state index is 13.9. The second kappa shape index (κ2) is 11.7. The topological polar surface area (TPSA) is 118 Å². The number of thiazole rings is 1. The number of imide groups is 1. The van der Waals surface area contributed by atoms with Crippen LogP contribution >= 0.6 is 23.1 Å². The van der Waals surface area contributed by atoms with E-state index < -0.39 is 34.7 Å². The van der Waals surface area contributed by atoms with E-state index in [9.17, 15) is 23.6 Å². The van der Waals surface area contributed by atoms with Gasteiger partial charge in [-0.1, -0.05) is 46.9 Å². The maximum atomic E-state index is 13.9. The molecule has 0 bridgehead atoms. The van der Waals surface area contributed by atoms with Crippen molar-refractivity contribution in [1.29, 1.82) is 0 Å². The number of nitrogens with one attached hydrogen (secondary N) is 2. The first-order chi connectivity index (χ1) is 20.7. The number of aromatic amines is 1. The Morgan fingerprint density at radius 2 is 1.72 bits per heavy atom. The van der Waals surface area contributed by atoms with Gasteiger partial charge >= 0.3 is 4.87 Å². The van der Waals surface area contributed by atoms with Crippen molar-refractivity contribution >= 4 is 52.2 Å². The first-order valence-corrected chi connectivity index (χ1v) is 15.2. The molecule has 1 fully saturated rings. The average Bonchev–Trinajstić information content (AvgIpc) is 3.48. The molecule has 3 atom stereocenters. The fourth-order valence-electron chi connectivity index (χ4n) is 5.30. The number of carbonyl (C=O) groups is 3. The van der Waals surface area contributed by atoms with Crippen molar-refractivity contribution in [3.8, 4) is 11.5 Å². The number of anilines is 2. The third-order valence-electron chi connectivity index (χ3n) is 7.23. The van der Waals surface area contributed by atoms with Crippen molar-refractivity contribution in [2.24, 2.45) is 5.92 Å². The Kier molecular flexibility index (Phi) is 7.80. The maximum Gasteiger partial charge on any atom is 0.305 e. The van der Waals surface area contributed by atoms with Crippen LogP contribution in [0.3, 0.4) is 0 Å². The molecule has 2 N–H and O–H groups in total. The average molecular weight is 620 g/mol. The van der Waals surface area contributed by atoms with Crippen molar-refractivity contribution in [1.82, 2.24) is 4.98 Å². The molecule has 1 saturated heterocycles. The molecule has 0 aliphatic carbocycles. The summed E-state index contributed by atoms with van der Waals surface area (Å²) < 4.78 is 25.3. The van der Waals surface area contributed by atoms with E-state index in [4.69, 9.17) is 9.47 Å². The molecule has 3 amide bonds. The largest absolute Gasteiger partial charge is 0.490 e. The lowest BCUT2D eigenvalue weighted by Crippen LogP contribution is -2.32. The number of aromatic nitrogens is 1. The van der Waals surface area contributed by atoms with E-state index in [0.29, 0.717) is 39.3 Å². The predicted octanol–water partition coefficient (Wildman–Crippen LogP) is 5.10. The van der Waals surface area contributed by atoms with E-state index in [2.05, 4.69) is 10.3 Å². The van der Waals surface area contributed by atoms with Crippen LogP contribution in [-0.4, -0.2) is 41.2 Å². The number of thioether (sulfide) groups is 1. The fraction of sp³-hybridized carbons (Fsp3) is 0.226. The number of rotatable bonds is 8. The molecule has 43 heavy (non-hydrogen) atoms. The number of aryl methyl sites for hydroxylation is 1. The smallest absolute Gasteiger partial charge is 0.305 e. The zero-order valence-electron chi connectivity index (χ0n) is 23.1. The standard InChI is InChI=1S/C31H26FN3O6S2/c1-3-40-22-14-17(6-13-21(22)41-15-23(36)33-19-9-4-16(2)5-10-19)24-25-27(42-28-26(24)43-31(39)34-28)30(38)35(29(25)37)20-11-7-18(32)8-12-20/h4-14,24-25,27H,3,15H2,1-2H3,(H,33,36)(H,34,39)/t24-,25?,27?/m1/s1. The molecule has 2 aliphatic rings. The molecule has 2 aliphatic heterocycles. The Labute approximate surface area is 254 Å². The summed E-state index contributed by atoms with van der Waals surface area (Å²) in [6, 6.07) is 17.7. The van der Waals surface area contributed by atoms with Crippen LogP contribution in [0.5, 0.6) is 11.5 Å². The molecule has 1 aromatic heterocycles. The van der Waals surface area contributed by atoms with E-state index in [1.165, 1.54) is 24.3 Å². The first kappa shape index (κ1) is 28.7. The van der Waals surface area contributed by atoms with Crippen LogP contribution < -0.4 is 24.6 Å². The highest BCUT2D eigenvalue weighted by molar-refractivity contribution is 8.00. The van der Waals surface area contributed by atoms with Gasteiger partial charge < -0.3 is 19.8 Å². The molecule has 0 spiro atoms. The number of nitrogens with zero attached hydrogens (tertiary/aromatic N) is 1. The van der Waals surface area contributed by atoms with Crippen molar-refractivity contribution in [3.05, 3.63) is 98.2 Å². The molecular formula is C31H26FN3O6S2. The number of H-pyrrole nitrogens is 1. The van der Waals surface area contributed by atoms with E-state index >= 15 is 0 Å². The normalized spacial score (nSPS) is 19.1. The summed E-state index contributed by atoms with van der Waals surface area (Å²) in [5, 5.41) is 2.53. The number of ether oxygens (including phenoxy) is 2. The van der Waals surface area contributed by atoms with Gasteiger partial charge in [0.15, 0.2) is 18.1 Å². The molecular weight excluding hydrogens is 593 g/mol. The number of carbonyl (C=O) groups excluding carboxylic acids is 3. The van der Waals surface area contributed by atoms with Gasteiger partial charge in [0.1, 0.15) is 11.1 Å². The van der Waals surface area contributed by atoms with Crippen LogP contribution in [-0.2, 0) is 14.4 Å². The first-order valence-electron chi connectivity index (χ1n) is 13.5. The van der Waals surface area contributed by atoms with Crippen molar-refractivity contribution < 1.29 is 28.2 Å². The van der Waals surface area contributed by atoms with Crippen molar-refractivity contribution in [2.75, 3.05) is 23.4 Å². The highest BCUT2D eigenvalue weighted by atomic mass is 32.2. The SMILES string of the molecule is CCOc1cc([C@H]2c3sc(=O)[nH]c3SC3C(=O)N(c4ccc(F)cc4)C(=O)C32)ccc1OCC(=O)Nc1ccc(C)cc1. The lowest BCUT2D eigenvalue weighted by molar-refractivity contribution is -0.122. The van der Waals surface area contributed by atoms with Gasteiger partial charge in [0.2, 0.25) is 11.8 Å². The number of amides is 3. The lowest BCUT2D eigenvalue weighted by Gasteiger charge is -2.30. The third-order valence-corrected chi connectivity index (χ3v) is 9.63. The second-order valence-corrected chi connectivity index (χ2v) is 12.2. The van der Waals surface area contributed by atoms with E-state index in [0.717, 1.165) is 33.6 Å². The quantitative estimate of drug-likeness (QED) is 0.264. The number of halogens is 1. The van der Waals surface area contributed by atoms with Gasteiger partial charge in [-0.15, -0.1) is 0 Å². The Morgan fingerprint density at radius 3 is 2.44 bits per heavy atom. The summed E-state index contributed by atoms with van der Waals surface area (Å²) in [6.45, 7) is 3.81. The van der Waals surface area contributed by atoms with Crippen molar-refractivity contribution in [2.45, 2.75) is 30.0 Å². The fourth-order valence-corrected chi connectivity index (χ4v) is 7.82. The molecule has 4 aromatic rings. The summed E-state index contributed by atoms with van der Waals surface area (Å²) in [5.74, 6) is -2.46. The van der Waals surface area contributed by atoms with Gasteiger partial charge in [-0.05, 0) is 67.9 Å². The van der Waals surface area contributed by atoms with Crippen molar-refractivity contribution in [3.63, 3.8) is 0 Å². The third kappa shape index (κ3) is 5.55. The highest BCUT2D eigenvalue weighted by Gasteiger charge is 2.56. The van der Waals surface area contributed by atoms with E-state index in [1.807, 2.05) is 26.0 Å². The second-order valence-electron chi connectivity index (χ2n) is 10.1. The molecule has 0 saturated carbocycles. The molecule has 12 heteroatoms. The predicted molar refractivity (Wildman–Crippen MR) is 162 cm³/mol. The lowest BCUT2D eigenvalue weighted by atomic mass is 9.83. The van der Waals surface area contributed by atoms with Gasteiger partial charge in [0.25, 0.3) is 5.91 Å². The molecule has 220 valence electrons. The summed E-state index contributed by atoms with van der Waals surface area (Å²) in [5.41, 5.74) is 2.65. The minimum absolute atomic E-state index is 0.263. The Morgan fingerprint density at radius 1 is 0.977 bits per heavy atom. The molecule has 3 heterocycles. The van der Waals surface area contributed by atoms with Gasteiger partial charge in [0, 0.05) is 16.5 Å². The minimum atomic E-state index is -0.817. The van der Waals surface area contributed by atoms with E-state index in [-0.39, 0.29) is 23.1 Å². The Bertz CT molecular complexity index is 1770. The molecule has 9 nitrogen and oxygen atoms in total. The summed E-state index contributed by atoms with van der Waals surface area (Å²) >= 11 is 2.15. The zero-order valence-corrected chi connectivity index (χ0v) is 24.7. The van der Waals surface area contributed by atoms with Gasteiger partial charge in [-0.2, -0.15) is 0 Å². The minimum Gasteiger partial charge on any atom is -0.490 e. The number of hydrogen-bond donors (Lipinski definition) is 2. The van der Waals surface area contributed by atoms with Gasteiger partial charge in [-0.3, -0.25) is 19.2 Å². The summed E-state index contributed by atoms with van der Waals surface area (Å²) in [7, 11) is 0. The highest BCUT2D eigenvalue weighted by Crippen LogP contribution is 2.53. The molecule has 2 unspecified atom stereocenters. The van der Waals surface area contributed by atoms with Crippen LogP contribution in [0.4, 0.5) is 15.8 Å². The van der Waals surface area contributed by atoms with Crippen LogP contribution in [0.2, 0.25) is 0 Å². The number of hydrogen-bond acceptors (Lipinski definition) is 8. The van der Waals surface area contributed by atoms with Crippen LogP contribution in [0, 0.1) is 18.7 Å². The Hall–Kier alpha value is -4.42. The van der Waals surface area contributed by atoms with Gasteiger partial charge in [-0.25, -0.2) is 9.29 Å². The van der Waals surface area contributed by atoms with Gasteiger partial charge in [0.05, 0.1) is 23.2 Å². The number of fused-ring (bicyclic) bond motifs is 2.